The number of anilines is 1. The Morgan fingerprint density at radius 1 is 0.967 bits per heavy atom. The van der Waals surface area contributed by atoms with Crippen LogP contribution in [-0.2, 0) is 4.79 Å². The molecule has 0 radical (unpaired) electrons. The Morgan fingerprint density at radius 2 is 1.60 bits per heavy atom. The van der Waals surface area contributed by atoms with Crippen LogP contribution in [-0.4, -0.2) is 33.9 Å². The Labute approximate surface area is 181 Å². The Bertz CT molecular complexity index is 981. The summed E-state index contributed by atoms with van der Waals surface area (Å²) in [6.45, 7) is 5.86. The number of carbonyl (C=O) groups is 1. The number of amides is 1. The van der Waals surface area contributed by atoms with E-state index < -0.39 is 0 Å². The SMILES string of the molecule is Cc1cc(C)nc(Sc2ccc(NC(=O)C(c3ccccc3)N3CCCC3)cc2)n1. The van der Waals surface area contributed by atoms with Gasteiger partial charge >= 0.3 is 0 Å². The van der Waals surface area contributed by atoms with Crippen LogP contribution < -0.4 is 5.32 Å². The Hall–Kier alpha value is -2.70. The van der Waals surface area contributed by atoms with Crippen molar-refractivity contribution in [2.75, 3.05) is 18.4 Å². The minimum atomic E-state index is -0.258. The van der Waals surface area contributed by atoms with Crippen LogP contribution in [0.1, 0.15) is 35.8 Å². The lowest BCUT2D eigenvalue weighted by Crippen LogP contribution is -2.35. The normalized spacial score (nSPS) is 15.1. The zero-order valence-electron chi connectivity index (χ0n) is 17.3. The molecule has 154 valence electrons. The van der Waals surface area contributed by atoms with Gasteiger partial charge in [0.25, 0.3) is 0 Å². The number of nitrogens with one attached hydrogen (secondary N) is 1. The number of hydrogen-bond acceptors (Lipinski definition) is 5. The topological polar surface area (TPSA) is 58.1 Å². The third kappa shape index (κ3) is 5.07. The molecule has 1 atom stereocenters. The summed E-state index contributed by atoms with van der Waals surface area (Å²) in [6.07, 6.45) is 2.28. The van der Waals surface area contributed by atoms with Gasteiger partial charge in [0, 0.05) is 22.0 Å². The number of carbonyl (C=O) groups excluding carboxylic acids is 1. The van der Waals surface area contributed by atoms with Crippen LogP contribution in [0.2, 0.25) is 0 Å². The number of benzene rings is 2. The van der Waals surface area contributed by atoms with Gasteiger partial charge in [-0.3, -0.25) is 9.69 Å². The van der Waals surface area contributed by atoms with Crippen LogP contribution in [0, 0.1) is 13.8 Å². The third-order valence-electron chi connectivity index (χ3n) is 5.16. The Morgan fingerprint density at radius 3 is 2.23 bits per heavy atom. The molecule has 1 aliphatic heterocycles. The molecule has 5 nitrogen and oxygen atoms in total. The zero-order valence-corrected chi connectivity index (χ0v) is 18.2. The summed E-state index contributed by atoms with van der Waals surface area (Å²) in [5, 5.41) is 3.84. The number of rotatable bonds is 6. The quantitative estimate of drug-likeness (QED) is 0.570. The number of aryl methyl sites for hydroxylation is 2. The van der Waals surface area contributed by atoms with Crippen LogP contribution >= 0.6 is 11.8 Å². The lowest BCUT2D eigenvalue weighted by Gasteiger charge is -2.27. The van der Waals surface area contributed by atoms with Gasteiger partial charge in [-0.05, 0) is 87.4 Å². The van der Waals surface area contributed by atoms with Crippen LogP contribution in [0.3, 0.4) is 0 Å². The fraction of sp³-hybridized carbons (Fsp3) is 0.292. The molecule has 0 aliphatic carbocycles. The summed E-state index contributed by atoms with van der Waals surface area (Å²) in [7, 11) is 0. The number of hydrogen-bond donors (Lipinski definition) is 1. The predicted octanol–water partition coefficient (Wildman–Crippen LogP) is 5.02. The largest absolute Gasteiger partial charge is 0.324 e. The minimum Gasteiger partial charge on any atom is -0.324 e. The maximum atomic E-state index is 13.2. The van der Waals surface area contributed by atoms with E-state index in [0.717, 1.165) is 58.6 Å². The van der Waals surface area contributed by atoms with Gasteiger partial charge in [-0.25, -0.2) is 9.97 Å². The maximum Gasteiger partial charge on any atom is 0.246 e. The first-order chi connectivity index (χ1) is 14.6. The number of aromatic nitrogens is 2. The molecule has 3 aromatic rings. The van der Waals surface area contributed by atoms with E-state index in [2.05, 4.69) is 20.2 Å². The molecule has 1 unspecified atom stereocenters. The Balaban J connectivity index is 1.46. The molecule has 1 aliphatic rings. The first-order valence-electron chi connectivity index (χ1n) is 10.3. The van der Waals surface area contributed by atoms with Gasteiger partial charge in [-0.1, -0.05) is 30.3 Å². The molecule has 1 aromatic heterocycles. The molecule has 0 bridgehead atoms. The summed E-state index contributed by atoms with van der Waals surface area (Å²) < 4.78 is 0. The summed E-state index contributed by atoms with van der Waals surface area (Å²) in [4.78, 5) is 25.4. The van der Waals surface area contributed by atoms with Crippen molar-refractivity contribution < 1.29 is 4.79 Å². The van der Waals surface area contributed by atoms with E-state index in [-0.39, 0.29) is 11.9 Å². The fourth-order valence-corrected chi connectivity index (χ4v) is 4.69. The second kappa shape index (κ2) is 9.41. The van der Waals surface area contributed by atoms with E-state index in [4.69, 9.17) is 0 Å². The van der Waals surface area contributed by atoms with Gasteiger partial charge in [0.15, 0.2) is 5.16 Å². The average Bonchev–Trinajstić information content (AvgIpc) is 3.24. The predicted molar refractivity (Wildman–Crippen MR) is 121 cm³/mol. The molecule has 0 saturated carbocycles. The molecular formula is C24H26N4OS. The lowest BCUT2D eigenvalue weighted by atomic mass is 10.0. The maximum absolute atomic E-state index is 13.2. The standard InChI is InChI=1S/C24H26N4OS/c1-17-16-18(2)26-24(25-17)30-21-12-10-20(11-13-21)27-23(29)22(28-14-6-7-15-28)19-8-4-3-5-9-19/h3-5,8-13,16,22H,6-7,14-15H2,1-2H3,(H,27,29). The smallest absolute Gasteiger partial charge is 0.246 e. The highest BCUT2D eigenvalue weighted by molar-refractivity contribution is 7.99. The lowest BCUT2D eigenvalue weighted by molar-refractivity contribution is -0.121. The van der Waals surface area contributed by atoms with E-state index in [9.17, 15) is 4.79 Å². The molecule has 1 fully saturated rings. The Kier molecular flexibility index (Phi) is 6.45. The highest BCUT2D eigenvalue weighted by atomic mass is 32.2. The van der Waals surface area contributed by atoms with Crippen molar-refractivity contribution in [3.05, 3.63) is 77.6 Å². The summed E-state index contributed by atoms with van der Waals surface area (Å²) in [6, 6.07) is 19.6. The van der Waals surface area contributed by atoms with Gasteiger partial charge in [0.2, 0.25) is 5.91 Å². The van der Waals surface area contributed by atoms with Gasteiger partial charge < -0.3 is 5.32 Å². The van der Waals surface area contributed by atoms with Crippen molar-refractivity contribution in [3.63, 3.8) is 0 Å². The van der Waals surface area contributed by atoms with Crippen LogP contribution in [0.15, 0.2) is 70.7 Å². The van der Waals surface area contributed by atoms with Gasteiger partial charge in [-0.15, -0.1) is 0 Å². The van der Waals surface area contributed by atoms with Crippen LogP contribution in [0.5, 0.6) is 0 Å². The summed E-state index contributed by atoms with van der Waals surface area (Å²) in [5.74, 6) is 0.0149. The molecule has 1 amide bonds. The highest BCUT2D eigenvalue weighted by Gasteiger charge is 2.29. The van der Waals surface area contributed by atoms with Gasteiger partial charge in [0.1, 0.15) is 6.04 Å². The molecule has 1 saturated heterocycles. The molecular weight excluding hydrogens is 392 g/mol. The van der Waals surface area contributed by atoms with Crippen LogP contribution in [0.4, 0.5) is 5.69 Å². The van der Waals surface area contributed by atoms with E-state index in [1.807, 2.05) is 74.5 Å². The molecule has 30 heavy (non-hydrogen) atoms. The monoisotopic (exact) mass is 418 g/mol. The van der Waals surface area contributed by atoms with E-state index in [1.54, 1.807) is 0 Å². The van der Waals surface area contributed by atoms with Gasteiger partial charge in [-0.2, -0.15) is 0 Å². The number of likely N-dealkylation sites (tertiary alicyclic amines) is 1. The molecule has 4 rings (SSSR count). The van der Waals surface area contributed by atoms with Crippen molar-refractivity contribution in [2.24, 2.45) is 0 Å². The molecule has 0 spiro atoms. The second-order valence-corrected chi connectivity index (χ2v) is 8.65. The highest BCUT2D eigenvalue weighted by Crippen LogP contribution is 2.29. The van der Waals surface area contributed by atoms with Crippen LogP contribution in [0.25, 0.3) is 0 Å². The summed E-state index contributed by atoms with van der Waals surface area (Å²) in [5.41, 5.74) is 3.76. The minimum absolute atomic E-state index is 0.0149. The van der Waals surface area contributed by atoms with E-state index >= 15 is 0 Å². The second-order valence-electron chi connectivity index (χ2n) is 7.61. The average molecular weight is 419 g/mol. The first-order valence-corrected chi connectivity index (χ1v) is 11.1. The third-order valence-corrected chi connectivity index (χ3v) is 6.04. The first kappa shape index (κ1) is 20.6. The van der Waals surface area contributed by atoms with Crippen molar-refractivity contribution in [1.29, 1.82) is 0 Å². The molecule has 6 heteroatoms. The molecule has 1 N–H and O–H groups in total. The summed E-state index contributed by atoms with van der Waals surface area (Å²) >= 11 is 1.52. The van der Waals surface area contributed by atoms with E-state index in [1.165, 1.54) is 11.8 Å². The number of nitrogens with zero attached hydrogens (tertiary/aromatic N) is 3. The van der Waals surface area contributed by atoms with E-state index in [0.29, 0.717) is 0 Å². The van der Waals surface area contributed by atoms with Gasteiger partial charge in [0.05, 0.1) is 0 Å². The molecule has 2 heterocycles. The molecule has 2 aromatic carbocycles. The van der Waals surface area contributed by atoms with Crippen molar-refractivity contribution >= 4 is 23.4 Å². The van der Waals surface area contributed by atoms with Crippen molar-refractivity contribution in [3.8, 4) is 0 Å². The van der Waals surface area contributed by atoms with Crippen molar-refractivity contribution in [2.45, 2.75) is 42.8 Å². The fourth-order valence-electron chi connectivity index (χ4n) is 3.82. The van der Waals surface area contributed by atoms with Crippen molar-refractivity contribution in [1.82, 2.24) is 14.9 Å². The zero-order chi connectivity index (χ0) is 20.9.